The summed E-state index contributed by atoms with van der Waals surface area (Å²) in [6, 6.07) is 17.7. The summed E-state index contributed by atoms with van der Waals surface area (Å²) in [5.74, 6) is -0.351. The fraction of sp³-hybridized carbons (Fsp3) is 0.167. The molecular formula is C18H19NO2. The van der Waals surface area contributed by atoms with Crippen molar-refractivity contribution < 1.29 is 9.53 Å². The van der Waals surface area contributed by atoms with Crippen molar-refractivity contribution in [1.29, 1.82) is 0 Å². The van der Waals surface area contributed by atoms with Gasteiger partial charge in [-0.25, -0.2) is 4.79 Å². The molecule has 0 heterocycles. The number of rotatable bonds is 5. The molecule has 0 aliphatic rings. The van der Waals surface area contributed by atoms with Crippen LogP contribution in [0.25, 0.3) is 5.70 Å². The Bertz CT molecular complexity index is 615. The molecule has 0 saturated heterocycles. The maximum absolute atomic E-state index is 11.7. The van der Waals surface area contributed by atoms with E-state index >= 15 is 0 Å². The summed E-state index contributed by atoms with van der Waals surface area (Å²) in [7, 11) is 0. The second-order valence-electron chi connectivity index (χ2n) is 4.67. The number of carbonyl (C=O) groups excluding carboxylic acids is 1. The quantitative estimate of drug-likeness (QED) is 0.664. The summed E-state index contributed by atoms with van der Waals surface area (Å²) < 4.78 is 5.00. The maximum atomic E-state index is 11.7. The van der Waals surface area contributed by atoms with Crippen LogP contribution in [0.1, 0.15) is 18.1 Å². The number of aryl methyl sites for hydroxylation is 1. The first-order valence-corrected chi connectivity index (χ1v) is 6.96. The molecule has 0 fully saturated rings. The minimum absolute atomic E-state index is 0.351. The average Bonchev–Trinajstić information content (AvgIpc) is 2.50. The Hall–Kier alpha value is -2.55. The third kappa shape index (κ3) is 4.49. The first-order chi connectivity index (χ1) is 10.2. The lowest BCUT2D eigenvalue weighted by Gasteiger charge is -2.11. The van der Waals surface area contributed by atoms with Crippen LogP contribution in [0.4, 0.5) is 5.69 Å². The van der Waals surface area contributed by atoms with E-state index in [0.29, 0.717) is 6.61 Å². The van der Waals surface area contributed by atoms with Crippen LogP contribution in [0.15, 0.2) is 60.7 Å². The average molecular weight is 281 g/mol. The van der Waals surface area contributed by atoms with E-state index in [4.69, 9.17) is 4.74 Å². The van der Waals surface area contributed by atoms with Crippen molar-refractivity contribution in [3.8, 4) is 0 Å². The van der Waals surface area contributed by atoms with Gasteiger partial charge < -0.3 is 10.1 Å². The highest BCUT2D eigenvalue weighted by atomic mass is 16.5. The van der Waals surface area contributed by atoms with E-state index in [2.05, 4.69) is 5.32 Å². The van der Waals surface area contributed by atoms with Crippen molar-refractivity contribution in [1.82, 2.24) is 0 Å². The van der Waals surface area contributed by atoms with E-state index in [1.54, 1.807) is 6.92 Å². The molecule has 108 valence electrons. The van der Waals surface area contributed by atoms with Gasteiger partial charge in [0.15, 0.2) is 0 Å². The van der Waals surface area contributed by atoms with Gasteiger partial charge in [0.25, 0.3) is 0 Å². The molecule has 2 aromatic rings. The van der Waals surface area contributed by atoms with Crippen LogP contribution in [0.3, 0.4) is 0 Å². The van der Waals surface area contributed by atoms with Crippen LogP contribution in [-0.4, -0.2) is 12.6 Å². The molecule has 2 rings (SSSR count). The van der Waals surface area contributed by atoms with Gasteiger partial charge in [0, 0.05) is 11.8 Å². The molecule has 2 aromatic carbocycles. The van der Waals surface area contributed by atoms with Gasteiger partial charge >= 0.3 is 5.97 Å². The Balaban J connectivity index is 2.28. The molecular weight excluding hydrogens is 262 g/mol. The van der Waals surface area contributed by atoms with Crippen molar-refractivity contribution in [2.45, 2.75) is 13.8 Å². The first-order valence-electron chi connectivity index (χ1n) is 6.96. The lowest BCUT2D eigenvalue weighted by atomic mass is 10.1. The molecule has 0 aliphatic heterocycles. The molecule has 3 nitrogen and oxygen atoms in total. The molecule has 0 bridgehead atoms. The number of ether oxygens (including phenoxy) is 1. The molecule has 3 heteroatoms. The summed E-state index contributed by atoms with van der Waals surface area (Å²) in [5.41, 5.74) is 3.78. The molecule has 1 N–H and O–H groups in total. The monoisotopic (exact) mass is 281 g/mol. The lowest BCUT2D eigenvalue weighted by Crippen LogP contribution is -2.05. The van der Waals surface area contributed by atoms with Crippen molar-refractivity contribution in [2.75, 3.05) is 11.9 Å². The van der Waals surface area contributed by atoms with E-state index in [9.17, 15) is 4.79 Å². The van der Waals surface area contributed by atoms with Gasteiger partial charge in [-0.3, -0.25) is 0 Å². The number of nitrogens with one attached hydrogen (secondary N) is 1. The predicted octanol–water partition coefficient (Wildman–Crippen LogP) is 4.01. The van der Waals surface area contributed by atoms with Gasteiger partial charge in [0.05, 0.1) is 12.3 Å². The second-order valence-corrected chi connectivity index (χ2v) is 4.67. The minimum Gasteiger partial charge on any atom is -0.463 e. The van der Waals surface area contributed by atoms with Gasteiger partial charge in [0.2, 0.25) is 0 Å². The standard InChI is InChI=1S/C18H19NO2/c1-3-21-18(20)13-17(15-7-5-4-6-8-15)19-16-11-9-14(2)10-12-16/h4-13,19H,3H2,1-2H3/b17-13+. The van der Waals surface area contributed by atoms with Crippen LogP contribution in [-0.2, 0) is 9.53 Å². The number of carbonyl (C=O) groups is 1. The van der Waals surface area contributed by atoms with Crippen molar-refractivity contribution >= 4 is 17.4 Å². The Morgan fingerprint density at radius 3 is 2.38 bits per heavy atom. The lowest BCUT2D eigenvalue weighted by molar-refractivity contribution is -0.137. The summed E-state index contributed by atoms with van der Waals surface area (Å²) in [6.07, 6.45) is 1.48. The fourth-order valence-corrected chi connectivity index (χ4v) is 1.90. The molecule has 0 atom stereocenters. The van der Waals surface area contributed by atoms with E-state index in [1.807, 2.05) is 61.5 Å². The minimum atomic E-state index is -0.351. The first kappa shape index (κ1) is 14.9. The van der Waals surface area contributed by atoms with Crippen molar-refractivity contribution in [3.05, 3.63) is 71.8 Å². The summed E-state index contributed by atoms with van der Waals surface area (Å²) in [6.45, 7) is 4.19. The third-order valence-corrected chi connectivity index (χ3v) is 2.96. The SMILES string of the molecule is CCOC(=O)/C=C(/Nc1ccc(C)cc1)c1ccccc1. The number of esters is 1. The summed E-state index contributed by atoms with van der Waals surface area (Å²) in [4.78, 5) is 11.7. The van der Waals surface area contributed by atoms with Gasteiger partial charge in [-0.05, 0) is 31.5 Å². The highest BCUT2D eigenvalue weighted by Crippen LogP contribution is 2.19. The van der Waals surface area contributed by atoms with Crippen molar-refractivity contribution in [3.63, 3.8) is 0 Å². The number of anilines is 1. The zero-order chi connectivity index (χ0) is 15.1. The molecule has 21 heavy (non-hydrogen) atoms. The van der Waals surface area contributed by atoms with E-state index < -0.39 is 0 Å². The third-order valence-electron chi connectivity index (χ3n) is 2.96. The van der Waals surface area contributed by atoms with Crippen molar-refractivity contribution in [2.24, 2.45) is 0 Å². The Morgan fingerprint density at radius 1 is 1.10 bits per heavy atom. The molecule has 0 unspecified atom stereocenters. The van der Waals surface area contributed by atoms with E-state index in [-0.39, 0.29) is 5.97 Å². The Morgan fingerprint density at radius 2 is 1.76 bits per heavy atom. The van der Waals surface area contributed by atoms with E-state index in [1.165, 1.54) is 11.6 Å². The molecule has 0 aliphatic carbocycles. The normalized spacial score (nSPS) is 11.0. The van der Waals surface area contributed by atoms with Gasteiger partial charge in [0.1, 0.15) is 0 Å². The zero-order valence-electron chi connectivity index (χ0n) is 12.3. The summed E-state index contributed by atoms with van der Waals surface area (Å²) >= 11 is 0. The van der Waals surface area contributed by atoms with Crippen LogP contribution < -0.4 is 5.32 Å². The van der Waals surface area contributed by atoms with Gasteiger partial charge in [-0.15, -0.1) is 0 Å². The Kier molecular flexibility index (Phi) is 5.16. The topological polar surface area (TPSA) is 38.3 Å². The smallest absolute Gasteiger partial charge is 0.332 e. The van der Waals surface area contributed by atoms with Crippen LogP contribution in [0, 0.1) is 6.92 Å². The van der Waals surface area contributed by atoms with Gasteiger partial charge in [-0.1, -0.05) is 48.0 Å². The molecule has 0 amide bonds. The highest BCUT2D eigenvalue weighted by Gasteiger charge is 2.06. The van der Waals surface area contributed by atoms with Crippen LogP contribution in [0.5, 0.6) is 0 Å². The number of hydrogen-bond acceptors (Lipinski definition) is 3. The Labute approximate surface area is 125 Å². The summed E-state index contributed by atoms with van der Waals surface area (Å²) in [5, 5.41) is 3.27. The number of benzene rings is 2. The molecule has 0 spiro atoms. The van der Waals surface area contributed by atoms with Crippen LogP contribution >= 0.6 is 0 Å². The van der Waals surface area contributed by atoms with Gasteiger partial charge in [-0.2, -0.15) is 0 Å². The molecule has 0 radical (unpaired) electrons. The molecule has 0 saturated carbocycles. The van der Waals surface area contributed by atoms with E-state index in [0.717, 1.165) is 16.9 Å². The largest absolute Gasteiger partial charge is 0.463 e. The second kappa shape index (κ2) is 7.29. The molecule has 0 aromatic heterocycles. The predicted molar refractivity (Wildman–Crippen MR) is 85.9 cm³/mol. The number of hydrogen-bond donors (Lipinski definition) is 1. The van der Waals surface area contributed by atoms with Crippen LogP contribution in [0.2, 0.25) is 0 Å². The maximum Gasteiger partial charge on any atom is 0.332 e. The fourth-order valence-electron chi connectivity index (χ4n) is 1.90. The zero-order valence-corrected chi connectivity index (χ0v) is 12.3. The highest BCUT2D eigenvalue weighted by molar-refractivity contribution is 5.94.